The number of hydrogen-bond acceptors (Lipinski definition) is 3. The first kappa shape index (κ1) is 15.0. The average Bonchev–Trinajstić information content (AvgIpc) is 2.97. The molecule has 0 bridgehead atoms. The minimum Gasteiger partial charge on any atom is -0.440 e. The Balaban J connectivity index is 1.62. The predicted octanol–water partition coefficient (Wildman–Crippen LogP) is 4.60. The van der Waals surface area contributed by atoms with Crippen LogP contribution in [0, 0.1) is 18.6 Å². The molecule has 4 rings (SSSR count). The van der Waals surface area contributed by atoms with E-state index in [0.717, 1.165) is 41.6 Å². The van der Waals surface area contributed by atoms with Crippen LogP contribution < -0.4 is 0 Å². The van der Waals surface area contributed by atoms with Crippen molar-refractivity contribution in [2.24, 2.45) is 0 Å². The molecule has 0 amide bonds. The van der Waals surface area contributed by atoms with Gasteiger partial charge < -0.3 is 4.42 Å². The fourth-order valence-electron chi connectivity index (χ4n) is 3.28. The monoisotopic (exact) mass is 326 g/mol. The van der Waals surface area contributed by atoms with Crippen molar-refractivity contribution in [2.75, 3.05) is 0 Å². The van der Waals surface area contributed by atoms with E-state index in [4.69, 9.17) is 4.42 Å². The smallest absolute Gasteiger partial charge is 0.245 e. The Morgan fingerprint density at radius 3 is 2.75 bits per heavy atom. The lowest BCUT2D eigenvalue weighted by Crippen LogP contribution is -2.12. The summed E-state index contributed by atoms with van der Waals surface area (Å²) in [6, 6.07) is 8.06. The van der Waals surface area contributed by atoms with Crippen molar-refractivity contribution in [3.63, 3.8) is 0 Å². The average molecular weight is 326 g/mol. The van der Waals surface area contributed by atoms with Gasteiger partial charge in [0.25, 0.3) is 0 Å². The Kier molecular flexibility index (Phi) is 3.63. The number of rotatable bonds is 2. The van der Waals surface area contributed by atoms with Crippen LogP contribution in [-0.2, 0) is 12.8 Å². The molecule has 1 aromatic carbocycles. The van der Waals surface area contributed by atoms with Gasteiger partial charge in [-0.2, -0.15) is 0 Å². The van der Waals surface area contributed by atoms with E-state index in [9.17, 15) is 8.78 Å². The molecular weight excluding hydrogens is 310 g/mol. The molecule has 2 heterocycles. The molecule has 3 nitrogen and oxygen atoms in total. The maximum atomic E-state index is 13.7. The van der Waals surface area contributed by atoms with Crippen LogP contribution >= 0.6 is 0 Å². The zero-order valence-electron chi connectivity index (χ0n) is 13.2. The molecule has 0 aliphatic heterocycles. The van der Waals surface area contributed by atoms with E-state index in [1.165, 1.54) is 12.1 Å². The zero-order valence-corrected chi connectivity index (χ0v) is 13.2. The summed E-state index contributed by atoms with van der Waals surface area (Å²) in [5, 5.41) is 0. The molecule has 0 saturated heterocycles. The van der Waals surface area contributed by atoms with Gasteiger partial charge in [0.15, 0.2) is 0 Å². The van der Waals surface area contributed by atoms with Crippen molar-refractivity contribution in [1.29, 1.82) is 0 Å². The molecule has 1 aliphatic rings. The number of pyridine rings is 1. The van der Waals surface area contributed by atoms with Gasteiger partial charge in [0.05, 0.1) is 11.9 Å². The van der Waals surface area contributed by atoms with Crippen molar-refractivity contribution in [1.82, 2.24) is 9.97 Å². The highest BCUT2D eigenvalue weighted by molar-refractivity contribution is 5.47. The van der Waals surface area contributed by atoms with E-state index in [1.807, 2.05) is 13.0 Å². The molecule has 0 saturated carbocycles. The first-order valence-electron chi connectivity index (χ1n) is 7.96. The van der Waals surface area contributed by atoms with Crippen LogP contribution in [0.1, 0.15) is 34.9 Å². The Labute approximate surface area is 138 Å². The van der Waals surface area contributed by atoms with Gasteiger partial charge in [-0.3, -0.25) is 0 Å². The number of halogens is 2. The third kappa shape index (κ3) is 2.82. The molecule has 0 spiro atoms. The van der Waals surface area contributed by atoms with Crippen LogP contribution in [0.5, 0.6) is 0 Å². The summed E-state index contributed by atoms with van der Waals surface area (Å²) in [5.74, 6) is 0.895. The van der Waals surface area contributed by atoms with Crippen molar-refractivity contribution in [3.8, 4) is 11.6 Å². The highest BCUT2D eigenvalue weighted by atomic mass is 19.1. The Bertz CT molecular complexity index is 867. The molecule has 1 aliphatic carbocycles. The quantitative estimate of drug-likeness (QED) is 0.691. The summed E-state index contributed by atoms with van der Waals surface area (Å²) >= 11 is 0. The summed E-state index contributed by atoms with van der Waals surface area (Å²) in [4.78, 5) is 8.54. The summed E-state index contributed by atoms with van der Waals surface area (Å²) in [5.41, 5.74) is 3.33. The standard InChI is InChI=1S/C19H16F2N2O/c1-11-6-13(8-15(21)7-11)12-2-5-18-17(9-12)23-19(24-18)16-4-3-14(20)10-22-16/h3-4,6-8,10,12H,2,5,9H2,1H3. The normalized spacial score (nSPS) is 16.9. The van der Waals surface area contributed by atoms with Gasteiger partial charge >= 0.3 is 0 Å². The fourth-order valence-corrected chi connectivity index (χ4v) is 3.28. The number of fused-ring (bicyclic) bond motifs is 1. The molecule has 0 radical (unpaired) electrons. The largest absolute Gasteiger partial charge is 0.440 e. The molecule has 0 fully saturated rings. The van der Waals surface area contributed by atoms with Gasteiger partial charge in [0, 0.05) is 12.8 Å². The molecule has 0 N–H and O–H groups in total. The minimum atomic E-state index is -0.392. The SMILES string of the molecule is Cc1cc(F)cc(C2CCc3oc(-c4ccc(F)cn4)nc3C2)c1. The van der Waals surface area contributed by atoms with Crippen LogP contribution in [-0.4, -0.2) is 9.97 Å². The van der Waals surface area contributed by atoms with E-state index in [0.29, 0.717) is 18.0 Å². The van der Waals surface area contributed by atoms with Gasteiger partial charge in [-0.1, -0.05) is 6.07 Å². The van der Waals surface area contributed by atoms with Gasteiger partial charge in [0.1, 0.15) is 23.1 Å². The van der Waals surface area contributed by atoms with E-state index in [-0.39, 0.29) is 11.7 Å². The Hall–Kier alpha value is -2.56. The third-order valence-electron chi connectivity index (χ3n) is 4.42. The van der Waals surface area contributed by atoms with Crippen LogP contribution in [0.2, 0.25) is 0 Å². The second kappa shape index (κ2) is 5.82. The van der Waals surface area contributed by atoms with E-state index in [2.05, 4.69) is 9.97 Å². The lowest BCUT2D eigenvalue weighted by Gasteiger charge is -2.21. The molecule has 122 valence electrons. The Morgan fingerprint density at radius 1 is 1.12 bits per heavy atom. The maximum Gasteiger partial charge on any atom is 0.245 e. The fraction of sp³-hybridized carbons (Fsp3) is 0.263. The maximum absolute atomic E-state index is 13.7. The number of aromatic nitrogens is 2. The number of hydrogen-bond donors (Lipinski definition) is 0. The molecule has 1 atom stereocenters. The van der Waals surface area contributed by atoms with Crippen LogP contribution in [0.15, 0.2) is 40.9 Å². The number of benzene rings is 1. The van der Waals surface area contributed by atoms with Crippen LogP contribution in [0.3, 0.4) is 0 Å². The van der Waals surface area contributed by atoms with Gasteiger partial charge in [-0.05, 0) is 54.7 Å². The second-order valence-electron chi connectivity index (χ2n) is 6.25. The summed E-state index contributed by atoms with van der Waals surface area (Å²) < 4.78 is 32.4. The van der Waals surface area contributed by atoms with E-state index < -0.39 is 5.82 Å². The zero-order chi connectivity index (χ0) is 16.7. The van der Waals surface area contributed by atoms with Crippen molar-refractivity contribution < 1.29 is 13.2 Å². The van der Waals surface area contributed by atoms with E-state index >= 15 is 0 Å². The molecule has 2 aromatic heterocycles. The van der Waals surface area contributed by atoms with Gasteiger partial charge in [-0.25, -0.2) is 18.7 Å². The number of nitrogens with zero attached hydrogens (tertiary/aromatic N) is 2. The van der Waals surface area contributed by atoms with Crippen LogP contribution in [0.25, 0.3) is 11.6 Å². The van der Waals surface area contributed by atoms with Crippen molar-refractivity contribution in [3.05, 3.63) is 70.7 Å². The highest BCUT2D eigenvalue weighted by Gasteiger charge is 2.26. The number of oxazole rings is 1. The molecular formula is C19H16F2N2O. The molecule has 5 heteroatoms. The van der Waals surface area contributed by atoms with Crippen molar-refractivity contribution in [2.45, 2.75) is 32.1 Å². The van der Waals surface area contributed by atoms with Crippen LogP contribution in [0.4, 0.5) is 8.78 Å². The topological polar surface area (TPSA) is 38.9 Å². The molecule has 1 unspecified atom stereocenters. The van der Waals surface area contributed by atoms with Gasteiger partial charge in [0.2, 0.25) is 5.89 Å². The second-order valence-corrected chi connectivity index (χ2v) is 6.25. The summed E-state index contributed by atoms with van der Waals surface area (Å²) in [6.45, 7) is 1.90. The third-order valence-corrected chi connectivity index (χ3v) is 4.42. The molecule has 24 heavy (non-hydrogen) atoms. The lowest BCUT2D eigenvalue weighted by molar-refractivity contribution is 0.463. The van der Waals surface area contributed by atoms with Crippen molar-refractivity contribution >= 4 is 0 Å². The molecule has 3 aromatic rings. The summed E-state index contributed by atoms with van der Waals surface area (Å²) in [6.07, 6.45) is 3.50. The summed E-state index contributed by atoms with van der Waals surface area (Å²) in [7, 11) is 0. The predicted molar refractivity (Wildman–Crippen MR) is 85.6 cm³/mol. The highest BCUT2D eigenvalue weighted by Crippen LogP contribution is 2.35. The van der Waals surface area contributed by atoms with E-state index in [1.54, 1.807) is 12.1 Å². The number of aryl methyl sites for hydroxylation is 2. The first-order chi connectivity index (χ1) is 11.6. The lowest BCUT2D eigenvalue weighted by atomic mass is 9.84. The Morgan fingerprint density at radius 2 is 2.00 bits per heavy atom. The first-order valence-corrected chi connectivity index (χ1v) is 7.96. The minimum absolute atomic E-state index is 0.202. The van der Waals surface area contributed by atoms with Gasteiger partial charge in [-0.15, -0.1) is 0 Å².